The second kappa shape index (κ2) is 10.6. The van der Waals surface area contributed by atoms with Gasteiger partial charge in [-0.1, -0.05) is 18.2 Å². The van der Waals surface area contributed by atoms with Crippen molar-refractivity contribution in [1.29, 1.82) is 0 Å². The Morgan fingerprint density at radius 3 is 2.55 bits per heavy atom. The van der Waals surface area contributed by atoms with Crippen molar-refractivity contribution in [2.75, 3.05) is 20.2 Å². The van der Waals surface area contributed by atoms with Crippen molar-refractivity contribution in [2.45, 2.75) is 36.8 Å². The number of carbonyl (C=O) groups excluding carboxylic acids is 1. The second-order valence-electron chi connectivity index (χ2n) is 10.6. The van der Waals surface area contributed by atoms with E-state index in [-0.39, 0.29) is 39.9 Å². The molecule has 2 fully saturated rings. The molecule has 4 N–H and O–H groups in total. The highest BCUT2D eigenvalue weighted by Crippen LogP contribution is 2.46. The molecule has 4 aromatic rings. The Hall–Kier alpha value is -4.08. The second-order valence-corrected chi connectivity index (χ2v) is 12.8. The number of ether oxygens (including phenoxy) is 1. The fraction of sp³-hybridized carbons (Fsp3) is 0.370. The molecule has 220 valence electrons. The van der Waals surface area contributed by atoms with Crippen LogP contribution in [0.2, 0.25) is 0 Å². The van der Waals surface area contributed by atoms with E-state index >= 15 is 0 Å². The lowest BCUT2D eigenvalue weighted by atomic mass is 10.0. The molecule has 42 heavy (non-hydrogen) atoms. The summed E-state index contributed by atoms with van der Waals surface area (Å²) in [5, 5.41) is 13.8. The Balaban J connectivity index is 1.30. The van der Waals surface area contributed by atoms with Crippen molar-refractivity contribution >= 4 is 61.5 Å². The van der Waals surface area contributed by atoms with Crippen LogP contribution in [0.3, 0.4) is 0 Å². The summed E-state index contributed by atoms with van der Waals surface area (Å²) in [6, 6.07) is 9.45. The van der Waals surface area contributed by atoms with Gasteiger partial charge in [-0.2, -0.15) is 4.99 Å². The number of pyridine rings is 1. The van der Waals surface area contributed by atoms with Crippen molar-refractivity contribution in [3.63, 3.8) is 0 Å². The van der Waals surface area contributed by atoms with E-state index in [1.54, 1.807) is 54.4 Å². The smallest absolute Gasteiger partial charge is 0.323 e. The zero-order valence-electron chi connectivity index (χ0n) is 22.9. The molecule has 0 bridgehead atoms. The molecule has 1 saturated heterocycles. The number of hydrogen-bond donors (Lipinski definition) is 3. The van der Waals surface area contributed by atoms with Gasteiger partial charge in [0.15, 0.2) is 5.65 Å². The van der Waals surface area contributed by atoms with Crippen LogP contribution in [0.1, 0.15) is 37.7 Å². The van der Waals surface area contributed by atoms with Crippen LogP contribution < -0.4 is 11.1 Å². The molecule has 1 aliphatic heterocycles. The van der Waals surface area contributed by atoms with Crippen molar-refractivity contribution in [3.8, 4) is 0 Å². The number of likely N-dealkylation sites (tertiary alicyclic amines) is 1. The SMILES string of the molecule is COC(N)=NC(=S)NC(=O)N1CC2CC(n3c([C@@H](C)O)nc4cnc5c(ccn5S(=O)(=O)c5ccccc5)c43)C[C@H]2C1. The maximum atomic E-state index is 13.4. The van der Waals surface area contributed by atoms with Crippen LogP contribution >= 0.6 is 12.2 Å². The number of urea groups is 1. The molecule has 1 aromatic carbocycles. The number of benzene rings is 1. The molecule has 0 radical (unpaired) electrons. The highest BCUT2D eigenvalue weighted by atomic mass is 32.2. The number of imidazole rings is 1. The topological polar surface area (TPSA) is 170 Å². The van der Waals surface area contributed by atoms with Crippen LogP contribution in [0, 0.1) is 11.8 Å². The van der Waals surface area contributed by atoms with Gasteiger partial charge in [-0.05, 0) is 62.0 Å². The standard InChI is InChI=1S/C27H30N8O5S2/c1-15(36)23-30-21-12-29-24-20(8-9-34(24)42(38,39)19-6-4-3-5-7-19)22(21)35(23)18-10-16-13-33(14-17(16)11-18)27(37)32-26(41)31-25(28)40-2/h3-9,12,15-18,36H,10-11,13-14H2,1-2H3,(H3,28,31,32,37,41)/t15-,16+,17?,18?/m1/s1. The van der Waals surface area contributed by atoms with Gasteiger partial charge in [-0.3, -0.25) is 5.32 Å². The minimum atomic E-state index is -3.88. The minimum Gasteiger partial charge on any atom is -0.468 e. The summed E-state index contributed by atoms with van der Waals surface area (Å²) in [5.74, 6) is 0.944. The number of aliphatic hydroxyl groups excluding tert-OH is 1. The number of aliphatic imine (C=N–C) groups is 1. The Labute approximate surface area is 247 Å². The summed E-state index contributed by atoms with van der Waals surface area (Å²) in [4.78, 5) is 27.7. The molecule has 2 amide bonds. The first-order chi connectivity index (χ1) is 20.1. The fourth-order valence-corrected chi connectivity index (χ4v) is 7.72. The Morgan fingerprint density at radius 2 is 1.90 bits per heavy atom. The predicted molar refractivity (Wildman–Crippen MR) is 159 cm³/mol. The summed E-state index contributed by atoms with van der Waals surface area (Å²) in [5.41, 5.74) is 7.11. The van der Waals surface area contributed by atoms with E-state index in [9.17, 15) is 18.3 Å². The predicted octanol–water partition coefficient (Wildman–Crippen LogP) is 2.51. The van der Waals surface area contributed by atoms with Crippen LogP contribution in [0.25, 0.3) is 22.1 Å². The summed E-state index contributed by atoms with van der Waals surface area (Å²) in [6.07, 6.45) is 3.72. The first-order valence-corrected chi connectivity index (χ1v) is 15.3. The van der Waals surface area contributed by atoms with Gasteiger partial charge in [-0.25, -0.2) is 27.2 Å². The van der Waals surface area contributed by atoms with Gasteiger partial charge < -0.3 is 25.0 Å². The van der Waals surface area contributed by atoms with Crippen LogP contribution in [0.5, 0.6) is 0 Å². The summed E-state index contributed by atoms with van der Waals surface area (Å²) in [7, 11) is -2.52. The summed E-state index contributed by atoms with van der Waals surface area (Å²) < 4.78 is 34.9. The molecule has 1 saturated carbocycles. The van der Waals surface area contributed by atoms with Gasteiger partial charge in [0.05, 0.1) is 23.7 Å². The van der Waals surface area contributed by atoms with E-state index in [1.165, 1.54) is 17.3 Å². The first kappa shape index (κ1) is 28.1. The monoisotopic (exact) mass is 610 g/mol. The number of nitrogens with two attached hydrogens (primary N) is 1. The highest BCUT2D eigenvalue weighted by Gasteiger charge is 2.44. The molecule has 2 unspecified atom stereocenters. The third kappa shape index (κ3) is 4.76. The molecule has 15 heteroatoms. The van der Waals surface area contributed by atoms with Crippen molar-refractivity contribution < 1.29 is 23.1 Å². The molecular weight excluding hydrogens is 580 g/mol. The zero-order valence-corrected chi connectivity index (χ0v) is 24.5. The largest absolute Gasteiger partial charge is 0.468 e. The number of rotatable bonds is 4. The number of amides is 2. The number of hydrogen-bond acceptors (Lipinski definition) is 8. The zero-order chi connectivity index (χ0) is 29.8. The third-order valence-corrected chi connectivity index (χ3v) is 9.92. The van der Waals surface area contributed by atoms with E-state index in [0.717, 1.165) is 18.4 Å². The Kier molecular flexibility index (Phi) is 7.11. The molecule has 3 aromatic heterocycles. The van der Waals surface area contributed by atoms with Crippen molar-refractivity contribution in [1.82, 2.24) is 28.7 Å². The van der Waals surface area contributed by atoms with E-state index < -0.39 is 16.1 Å². The Morgan fingerprint density at radius 1 is 1.21 bits per heavy atom. The minimum absolute atomic E-state index is 0.00771. The number of aromatic nitrogens is 4. The van der Waals surface area contributed by atoms with E-state index in [0.29, 0.717) is 35.5 Å². The van der Waals surface area contributed by atoms with Crippen molar-refractivity contribution in [3.05, 3.63) is 54.6 Å². The first-order valence-electron chi connectivity index (χ1n) is 13.4. The number of thiocarbonyl (C=S) groups is 1. The molecular formula is C27H30N8O5S2. The molecule has 0 spiro atoms. The number of amidine groups is 1. The molecule has 2 aliphatic rings. The molecule has 13 nitrogen and oxygen atoms in total. The number of carbonyl (C=O) groups is 1. The fourth-order valence-electron chi connectivity index (χ4n) is 6.22. The number of nitrogens with zero attached hydrogens (tertiary/aromatic N) is 6. The van der Waals surface area contributed by atoms with Crippen LogP contribution in [0.4, 0.5) is 4.79 Å². The summed E-state index contributed by atoms with van der Waals surface area (Å²) in [6.45, 7) is 2.74. The van der Waals surface area contributed by atoms with Gasteiger partial charge in [0.1, 0.15) is 17.4 Å². The maximum absolute atomic E-state index is 13.4. The van der Waals surface area contributed by atoms with Crippen molar-refractivity contribution in [2.24, 2.45) is 22.6 Å². The third-order valence-electron chi connectivity index (χ3n) is 8.04. The lowest BCUT2D eigenvalue weighted by Gasteiger charge is -2.22. The molecule has 1 aliphatic carbocycles. The van der Waals surface area contributed by atoms with Crippen LogP contribution in [-0.4, -0.2) is 74.3 Å². The quantitative estimate of drug-likeness (QED) is 0.178. The Bertz CT molecular complexity index is 1820. The maximum Gasteiger partial charge on any atom is 0.323 e. The number of fused-ring (bicyclic) bond motifs is 4. The average molecular weight is 611 g/mol. The number of aliphatic hydroxyl groups is 1. The van der Waals surface area contributed by atoms with E-state index in [1.807, 2.05) is 4.57 Å². The molecule has 4 atom stereocenters. The normalized spacial score (nSPS) is 21.5. The van der Waals surface area contributed by atoms with Gasteiger partial charge in [0, 0.05) is 30.7 Å². The number of methoxy groups -OCH3 is 1. The molecule has 4 heterocycles. The van der Waals surface area contributed by atoms with E-state index in [2.05, 4.69) is 15.3 Å². The van der Waals surface area contributed by atoms with Gasteiger partial charge in [-0.15, -0.1) is 0 Å². The molecule has 6 rings (SSSR count). The average Bonchev–Trinajstić information content (AvgIpc) is 3.73. The van der Waals surface area contributed by atoms with Gasteiger partial charge in [0.2, 0.25) is 5.11 Å². The highest BCUT2D eigenvalue weighted by molar-refractivity contribution is 7.90. The lowest BCUT2D eigenvalue weighted by Crippen LogP contribution is -2.41. The summed E-state index contributed by atoms with van der Waals surface area (Å²) >= 11 is 5.07. The van der Waals surface area contributed by atoms with Crippen LogP contribution in [-0.2, 0) is 14.8 Å². The number of nitrogens with one attached hydrogen (secondary N) is 1. The van der Waals surface area contributed by atoms with Gasteiger partial charge >= 0.3 is 6.03 Å². The van der Waals surface area contributed by atoms with E-state index in [4.69, 9.17) is 27.7 Å². The van der Waals surface area contributed by atoms with Gasteiger partial charge in [0.25, 0.3) is 16.0 Å². The van der Waals surface area contributed by atoms with Crippen LogP contribution in [0.15, 0.2) is 58.7 Å². The lowest BCUT2D eigenvalue weighted by molar-refractivity contribution is 0.180.